The second-order valence-electron chi connectivity index (χ2n) is 8.47. The largest absolute Gasteiger partial charge is 0.497 e. The highest BCUT2D eigenvalue weighted by atomic mass is 16.5. The zero-order valence-electron chi connectivity index (χ0n) is 20.2. The fourth-order valence-corrected chi connectivity index (χ4v) is 4.81. The Morgan fingerprint density at radius 1 is 0.943 bits per heavy atom. The van der Waals surface area contributed by atoms with Gasteiger partial charge < -0.3 is 18.9 Å². The van der Waals surface area contributed by atoms with Crippen molar-refractivity contribution >= 4 is 11.4 Å². The van der Waals surface area contributed by atoms with Crippen molar-refractivity contribution in [3.63, 3.8) is 0 Å². The Kier molecular flexibility index (Phi) is 6.13. The summed E-state index contributed by atoms with van der Waals surface area (Å²) in [5.74, 6) is 2.17. The van der Waals surface area contributed by atoms with Crippen molar-refractivity contribution in [2.75, 3.05) is 28.4 Å². The molecule has 2 aromatic carbocycles. The Balaban J connectivity index is 1.64. The summed E-state index contributed by atoms with van der Waals surface area (Å²) in [6.45, 7) is 0.323. The number of hydrogen-bond donors (Lipinski definition) is 0. The van der Waals surface area contributed by atoms with Crippen molar-refractivity contribution in [3.05, 3.63) is 71.2 Å². The molecule has 1 aliphatic rings. The summed E-state index contributed by atoms with van der Waals surface area (Å²) in [7, 11) is 6.53. The molecule has 0 fully saturated rings. The molecule has 0 bridgehead atoms. The van der Waals surface area contributed by atoms with Crippen LogP contribution in [0.4, 0.5) is 0 Å². The van der Waals surface area contributed by atoms with Crippen molar-refractivity contribution in [3.8, 4) is 28.4 Å². The van der Waals surface area contributed by atoms with Gasteiger partial charge in [0.15, 0.2) is 11.4 Å². The van der Waals surface area contributed by atoms with Gasteiger partial charge in [0.1, 0.15) is 17.2 Å². The van der Waals surface area contributed by atoms with Crippen LogP contribution in [0.3, 0.4) is 0 Å². The van der Waals surface area contributed by atoms with Gasteiger partial charge in [0.05, 0.1) is 50.5 Å². The molecule has 35 heavy (non-hydrogen) atoms. The summed E-state index contributed by atoms with van der Waals surface area (Å²) in [5, 5.41) is 4.86. The number of methoxy groups -OCH3 is 4. The number of Topliss-reactive ketones (excluding diaryl/α,β-unsaturated/α-hetero) is 1. The van der Waals surface area contributed by atoms with Crippen molar-refractivity contribution < 1.29 is 23.7 Å². The average Bonchev–Trinajstić information content (AvgIpc) is 3.27. The van der Waals surface area contributed by atoms with E-state index in [2.05, 4.69) is 4.98 Å². The van der Waals surface area contributed by atoms with Gasteiger partial charge in [0.2, 0.25) is 0 Å². The van der Waals surface area contributed by atoms with E-state index in [4.69, 9.17) is 24.0 Å². The molecule has 0 N–H and O–H groups in total. The molecule has 1 atom stereocenters. The zero-order valence-corrected chi connectivity index (χ0v) is 20.2. The Morgan fingerprint density at radius 3 is 2.37 bits per heavy atom. The Morgan fingerprint density at radius 2 is 1.69 bits per heavy atom. The summed E-state index contributed by atoms with van der Waals surface area (Å²) in [4.78, 5) is 17.9. The quantitative estimate of drug-likeness (QED) is 0.391. The lowest BCUT2D eigenvalue weighted by Crippen LogP contribution is -2.23. The molecular weight excluding hydrogens is 446 g/mol. The second-order valence-corrected chi connectivity index (χ2v) is 8.47. The third kappa shape index (κ3) is 4.00. The molecule has 0 amide bonds. The number of carbonyl (C=O) groups is 1. The normalized spacial score (nSPS) is 15.2. The summed E-state index contributed by atoms with van der Waals surface area (Å²) in [5.41, 5.74) is 5.70. The van der Waals surface area contributed by atoms with E-state index in [1.54, 1.807) is 34.6 Å². The highest BCUT2D eigenvalue weighted by Gasteiger charge is 2.32. The summed E-state index contributed by atoms with van der Waals surface area (Å²) < 4.78 is 23.5. The molecule has 2 heterocycles. The lowest BCUT2D eigenvalue weighted by molar-refractivity contribution is 0.0961. The minimum Gasteiger partial charge on any atom is -0.497 e. The molecule has 2 aromatic heterocycles. The maximum Gasteiger partial charge on any atom is 0.166 e. The SMILES string of the molecule is COCc1nn2c3c(cnc2c1-c1ccc(OC)cc1)C(=O)C[C@@H](c1ccc(OC)cc1OC)C3. The Hall–Kier alpha value is -3.91. The molecule has 0 aliphatic heterocycles. The van der Waals surface area contributed by atoms with Crippen LogP contribution in [0.1, 0.15) is 39.6 Å². The van der Waals surface area contributed by atoms with Crippen molar-refractivity contribution in [1.82, 2.24) is 14.6 Å². The highest BCUT2D eigenvalue weighted by Crippen LogP contribution is 2.39. The van der Waals surface area contributed by atoms with E-state index >= 15 is 0 Å². The van der Waals surface area contributed by atoms with Crippen molar-refractivity contribution in [2.45, 2.75) is 25.4 Å². The lowest BCUT2D eigenvalue weighted by Gasteiger charge is -2.25. The highest BCUT2D eigenvalue weighted by molar-refractivity contribution is 5.99. The molecule has 1 aliphatic carbocycles. The number of aromatic nitrogens is 3. The third-order valence-corrected chi connectivity index (χ3v) is 6.53. The number of fused-ring (bicyclic) bond motifs is 3. The summed E-state index contributed by atoms with van der Waals surface area (Å²) >= 11 is 0. The van der Waals surface area contributed by atoms with E-state index in [0.29, 0.717) is 42.2 Å². The Labute approximate surface area is 203 Å². The van der Waals surface area contributed by atoms with Gasteiger partial charge in [0, 0.05) is 31.7 Å². The molecule has 0 unspecified atom stereocenters. The molecule has 0 radical (unpaired) electrons. The minimum atomic E-state index is -0.0547. The number of ether oxygens (including phenoxy) is 4. The van der Waals surface area contributed by atoms with E-state index in [1.165, 1.54) is 0 Å². The first-order valence-electron chi connectivity index (χ1n) is 11.4. The van der Waals surface area contributed by atoms with Gasteiger partial charge in [-0.05, 0) is 35.7 Å². The van der Waals surface area contributed by atoms with Gasteiger partial charge >= 0.3 is 0 Å². The van der Waals surface area contributed by atoms with E-state index < -0.39 is 0 Å². The van der Waals surface area contributed by atoms with Crippen LogP contribution in [0.25, 0.3) is 16.8 Å². The first-order chi connectivity index (χ1) is 17.1. The van der Waals surface area contributed by atoms with Gasteiger partial charge in [-0.2, -0.15) is 5.10 Å². The van der Waals surface area contributed by atoms with Crippen molar-refractivity contribution in [1.29, 1.82) is 0 Å². The van der Waals surface area contributed by atoms with Gasteiger partial charge in [-0.25, -0.2) is 9.50 Å². The molecule has 8 heteroatoms. The fourth-order valence-electron chi connectivity index (χ4n) is 4.81. The number of ketones is 1. The molecule has 180 valence electrons. The average molecular weight is 474 g/mol. The van der Waals surface area contributed by atoms with Crippen molar-refractivity contribution in [2.24, 2.45) is 0 Å². The lowest BCUT2D eigenvalue weighted by atomic mass is 9.81. The van der Waals surface area contributed by atoms with Gasteiger partial charge in [-0.15, -0.1) is 0 Å². The Bertz CT molecular complexity index is 1390. The van der Waals surface area contributed by atoms with Crippen LogP contribution in [0.15, 0.2) is 48.7 Å². The van der Waals surface area contributed by atoms with Crippen LogP contribution in [-0.2, 0) is 17.8 Å². The minimum absolute atomic E-state index is 0.0401. The van der Waals surface area contributed by atoms with Crippen LogP contribution < -0.4 is 14.2 Å². The molecule has 4 aromatic rings. The maximum atomic E-state index is 13.2. The molecule has 5 rings (SSSR count). The topological polar surface area (TPSA) is 84.2 Å². The van der Waals surface area contributed by atoms with Crippen LogP contribution in [0, 0.1) is 0 Å². The molecule has 0 saturated heterocycles. The second kappa shape index (κ2) is 9.38. The smallest absolute Gasteiger partial charge is 0.166 e. The maximum absolute atomic E-state index is 13.2. The first-order valence-corrected chi connectivity index (χ1v) is 11.4. The summed E-state index contributed by atoms with van der Waals surface area (Å²) in [6.07, 6.45) is 2.68. The third-order valence-electron chi connectivity index (χ3n) is 6.53. The zero-order chi connectivity index (χ0) is 24.5. The van der Waals surface area contributed by atoms with E-state index in [-0.39, 0.29) is 11.7 Å². The number of nitrogens with zero attached hydrogens (tertiary/aromatic N) is 3. The van der Waals surface area contributed by atoms with Gasteiger partial charge in [-0.1, -0.05) is 18.2 Å². The predicted molar refractivity (Wildman–Crippen MR) is 131 cm³/mol. The molecule has 8 nitrogen and oxygen atoms in total. The van der Waals surface area contributed by atoms with Gasteiger partial charge in [0.25, 0.3) is 0 Å². The number of carbonyl (C=O) groups excluding carboxylic acids is 1. The summed E-state index contributed by atoms with van der Waals surface area (Å²) in [6, 6.07) is 13.5. The van der Waals surface area contributed by atoms with E-state index in [1.807, 2.05) is 47.0 Å². The first kappa shape index (κ1) is 22.9. The number of rotatable bonds is 7. The number of hydrogen-bond acceptors (Lipinski definition) is 7. The molecule has 0 saturated carbocycles. The standard InChI is InChI=1S/C27H27N3O5/c1-32-15-22-26(16-5-7-18(33-2)8-6-16)27-28-14-21-23(30(27)29-22)11-17(12-24(21)31)20-10-9-19(34-3)13-25(20)35-4/h5-10,13-14,17H,11-12,15H2,1-4H3/t17-/m0/s1. The number of benzene rings is 2. The van der Waals surface area contributed by atoms with Crippen LogP contribution >= 0.6 is 0 Å². The van der Waals surface area contributed by atoms with Gasteiger partial charge in [-0.3, -0.25) is 4.79 Å². The van der Waals surface area contributed by atoms with E-state index in [0.717, 1.165) is 33.8 Å². The van der Waals surface area contributed by atoms with Crippen LogP contribution in [0.2, 0.25) is 0 Å². The van der Waals surface area contributed by atoms with Crippen LogP contribution in [-0.4, -0.2) is 48.8 Å². The molecule has 0 spiro atoms. The predicted octanol–water partition coefficient (Wildman–Crippen LogP) is 4.48. The molecular formula is C27H27N3O5. The van der Waals surface area contributed by atoms with E-state index in [9.17, 15) is 4.79 Å². The fraction of sp³-hybridized carbons (Fsp3) is 0.296. The van der Waals surface area contributed by atoms with Crippen LogP contribution in [0.5, 0.6) is 17.2 Å². The monoisotopic (exact) mass is 473 g/mol.